The monoisotopic (exact) mass is 594 g/mol. The van der Waals surface area contributed by atoms with E-state index in [0.29, 0.717) is 11.6 Å². The second-order valence-corrected chi connectivity index (χ2v) is 9.59. The largest absolute Gasteiger partial charge is 0.476 e. The van der Waals surface area contributed by atoms with Gasteiger partial charge < -0.3 is 20.7 Å². The van der Waals surface area contributed by atoms with Gasteiger partial charge in [-0.2, -0.15) is 26.3 Å². The van der Waals surface area contributed by atoms with Crippen LogP contribution in [0.15, 0.2) is 73.1 Å². The van der Waals surface area contributed by atoms with Gasteiger partial charge in [0.05, 0.1) is 23.2 Å². The van der Waals surface area contributed by atoms with Crippen LogP contribution in [-0.4, -0.2) is 46.3 Å². The summed E-state index contributed by atoms with van der Waals surface area (Å²) in [5.41, 5.74) is 0.859. The van der Waals surface area contributed by atoms with Crippen molar-refractivity contribution in [1.82, 2.24) is 15.2 Å². The van der Waals surface area contributed by atoms with Crippen molar-refractivity contribution in [2.75, 3.05) is 13.1 Å². The van der Waals surface area contributed by atoms with E-state index in [9.17, 15) is 40.7 Å². The molecule has 42 heavy (non-hydrogen) atoms. The summed E-state index contributed by atoms with van der Waals surface area (Å²) < 4.78 is 86.1. The van der Waals surface area contributed by atoms with Gasteiger partial charge in [0.15, 0.2) is 0 Å². The molecule has 2 atom stereocenters. The minimum atomic E-state index is -4.88. The van der Waals surface area contributed by atoms with Gasteiger partial charge in [-0.25, -0.2) is 0 Å². The van der Waals surface area contributed by atoms with E-state index < -0.39 is 65.0 Å². The highest BCUT2D eigenvalue weighted by Crippen LogP contribution is 2.35. The molecule has 3 aromatic rings. The van der Waals surface area contributed by atoms with Crippen LogP contribution in [0.4, 0.5) is 26.3 Å². The molecule has 8 nitrogen and oxygen atoms in total. The molecule has 1 fully saturated rings. The van der Waals surface area contributed by atoms with E-state index in [2.05, 4.69) is 10.3 Å². The quantitative estimate of drug-likeness (QED) is 0.391. The van der Waals surface area contributed by atoms with E-state index in [4.69, 9.17) is 10.5 Å². The van der Waals surface area contributed by atoms with Gasteiger partial charge in [0.2, 0.25) is 11.5 Å². The van der Waals surface area contributed by atoms with Gasteiger partial charge in [-0.1, -0.05) is 30.3 Å². The van der Waals surface area contributed by atoms with Crippen LogP contribution < -0.4 is 15.8 Å². The number of ether oxygens (including phenoxy) is 1. The molecule has 4 rings (SSSR count). The van der Waals surface area contributed by atoms with E-state index in [1.165, 1.54) is 12.1 Å². The summed E-state index contributed by atoms with van der Waals surface area (Å²) in [4.78, 5) is 44.0. The number of pyridine rings is 1. The number of carbonyl (C=O) groups excluding carboxylic acids is 3. The van der Waals surface area contributed by atoms with E-state index in [0.717, 1.165) is 41.6 Å². The molecule has 0 aliphatic carbocycles. The molecular weight excluding hydrogens is 570 g/mol. The summed E-state index contributed by atoms with van der Waals surface area (Å²) in [6.45, 7) is -0.653. The summed E-state index contributed by atoms with van der Waals surface area (Å²) >= 11 is 0. The molecule has 2 heterocycles. The molecule has 3 N–H and O–H groups in total. The lowest BCUT2D eigenvalue weighted by atomic mass is 9.89. The molecule has 1 saturated heterocycles. The number of rotatable bonds is 7. The first-order valence-corrected chi connectivity index (χ1v) is 12.5. The average molecular weight is 595 g/mol. The lowest BCUT2D eigenvalue weighted by Crippen LogP contribution is -2.62. The molecular formula is C28H24F6N4O4. The third-order valence-corrected chi connectivity index (χ3v) is 6.70. The van der Waals surface area contributed by atoms with Gasteiger partial charge in [0.25, 0.3) is 11.8 Å². The molecule has 1 aliphatic rings. The van der Waals surface area contributed by atoms with Crippen molar-refractivity contribution in [2.24, 2.45) is 5.73 Å². The van der Waals surface area contributed by atoms with Crippen molar-refractivity contribution in [2.45, 2.75) is 36.8 Å². The third kappa shape index (κ3) is 6.64. The summed E-state index contributed by atoms with van der Waals surface area (Å²) in [5, 5.41) is 2.49. The van der Waals surface area contributed by atoms with Crippen LogP contribution in [0.3, 0.4) is 0 Å². The van der Waals surface area contributed by atoms with Gasteiger partial charge in [0.1, 0.15) is 11.8 Å². The Kier molecular flexibility index (Phi) is 8.45. The van der Waals surface area contributed by atoms with Crippen molar-refractivity contribution in [3.05, 3.63) is 95.3 Å². The van der Waals surface area contributed by atoms with Crippen molar-refractivity contribution < 1.29 is 45.5 Å². The zero-order valence-corrected chi connectivity index (χ0v) is 21.7. The molecule has 0 spiro atoms. The predicted molar refractivity (Wildman–Crippen MR) is 136 cm³/mol. The molecule has 1 aromatic heterocycles. The molecule has 3 amide bonds. The predicted octanol–water partition coefficient (Wildman–Crippen LogP) is 4.52. The summed E-state index contributed by atoms with van der Waals surface area (Å²) in [7, 11) is 0. The first-order valence-electron chi connectivity index (χ1n) is 12.5. The van der Waals surface area contributed by atoms with Crippen LogP contribution in [0.1, 0.15) is 45.9 Å². The second-order valence-electron chi connectivity index (χ2n) is 9.59. The minimum Gasteiger partial charge on any atom is -0.476 e. The number of primary amides is 1. The fourth-order valence-electron chi connectivity index (χ4n) is 4.66. The third-order valence-electron chi connectivity index (χ3n) is 6.70. The number of carbonyl (C=O) groups is 3. The maximum atomic E-state index is 13.8. The lowest BCUT2D eigenvalue weighted by Gasteiger charge is -2.42. The molecule has 0 bridgehead atoms. The number of hydrogen-bond donors (Lipinski definition) is 2. The number of amides is 3. The Hall–Kier alpha value is -4.62. The fourth-order valence-corrected chi connectivity index (χ4v) is 4.66. The van der Waals surface area contributed by atoms with Gasteiger partial charge >= 0.3 is 12.4 Å². The lowest BCUT2D eigenvalue weighted by molar-refractivity contribution is -0.144. The maximum absolute atomic E-state index is 13.8. The van der Waals surface area contributed by atoms with E-state index in [1.807, 2.05) is 0 Å². The number of benzene rings is 2. The van der Waals surface area contributed by atoms with Gasteiger partial charge in [-0.05, 0) is 48.7 Å². The van der Waals surface area contributed by atoms with Gasteiger partial charge in [0, 0.05) is 18.9 Å². The van der Waals surface area contributed by atoms with Crippen LogP contribution in [-0.2, 0) is 21.9 Å². The molecule has 0 radical (unpaired) electrons. The number of hydrogen-bond acceptors (Lipinski definition) is 5. The number of nitrogens with zero attached hydrogens (tertiary/aromatic N) is 2. The Balaban J connectivity index is 1.71. The smallest absolute Gasteiger partial charge is 0.417 e. The molecule has 0 saturated carbocycles. The maximum Gasteiger partial charge on any atom is 0.417 e. The topological polar surface area (TPSA) is 115 Å². The van der Waals surface area contributed by atoms with Crippen molar-refractivity contribution in [3.63, 3.8) is 0 Å². The zero-order chi connectivity index (χ0) is 30.7. The Morgan fingerprint density at radius 3 is 2.21 bits per heavy atom. The number of aromatic nitrogens is 1. The van der Waals surface area contributed by atoms with Crippen LogP contribution in [0.25, 0.3) is 0 Å². The summed E-state index contributed by atoms with van der Waals surface area (Å²) in [6, 6.07) is 10.6. The highest BCUT2D eigenvalue weighted by Gasteiger charge is 2.48. The normalized spacial score (nSPS) is 18.2. The van der Waals surface area contributed by atoms with Crippen LogP contribution in [0.2, 0.25) is 0 Å². The molecule has 2 aromatic carbocycles. The Labute approximate surface area is 235 Å². The molecule has 1 unspecified atom stereocenters. The van der Waals surface area contributed by atoms with Crippen molar-refractivity contribution in [1.29, 1.82) is 0 Å². The molecule has 14 heteroatoms. The molecule has 222 valence electrons. The number of nitrogens with one attached hydrogen (secondary N) is 1. The van der Waals surface area contributed by atoms with E-state index in [-0.39, 0.29) is 25.1 Å². The SMILES string of the molecule is NC(=O)[C@H](NC(=O)C1(Oc2ccc(C(F)(F)F)cc2)CCCN(C(=O)c2cnccc2C(F)(F)F)C1)c1ccccc1. The first kappa shape index (κ1) is 30.3. The number of nitrogens with two attached hydrogens (primary N) is 1. The Morgan fingerprint density at radius 1 is 0.952 bits per heavy atom. The second kappa shape index (κ2) is 11.7. The van der Waals surface area contributed by atoms with E-state index in [1.54, 1.807) is 18.2 Å². The number of halogens is 6. The van der Waals surface area contributed by atoms with Crippen molar-refractivity contribution in [3.8, 4) is 5.75 Å². The van der Waals surface area contributed by atoms with Crippen LogP contribution in [0, 0.1) is 0 Å². The number of alkyl halides is 6. The standard InChI is InChI=1S/C28H24F6N4O4/c29-27(30,31)18-7-9-19(10-8-18)42-26(25(41)37-22(23(35)39)17-5-2-1-3-6-17)12-4-14-38(16-26)24(40)20-15-36-13-11-21(20)28(32,33)34/h1-3,5-11,13,15,22H,4,12,14,16H2,(H2,35,39)(H,37,41)/t22-,26?/m1/s1. The average Bonchev–Trinajstić information content (AvgIpc) is 2.95. The highest BCUT2D eigenvalue weighted by molar-refractivity contribution is 5.97. The van der Waals surface area contributed by atoms with Crippen LogP contribution >= 0.6 is 0 Å². The van der Waals surface area contributed by atoms with E-state index >= 15 is 0 Å². The Morgan fingerprint density at radius 2 is 1.62 bits per heavy atom. The first-order chi connectivity index (χ1) is 19.7. The highest BCUT2D eigenvalue weighted by atomic mass is 19.4. The van der Waals surface area contributed by atoms with Crippen LogP contribution in [0.5, 0.6) is 5.75 Å². The van der Waals surface area contributed by atoms with Gasteiger partial charge in [-0.15, -0.1) is 0 Å². The fraction of sp³-hybridized carbons (Fsp3) is 0.286. The summed E-state index contributed by atoms with van der Waals surface area (Å²) in [5.74, 6) is -3.15. The minimum absolute atomic E-state index is 0.0612. The Bertz CT molecular complexity index is 1450. The zero-order valence-electron chi connectivity index (χ0n) is 21.7. The molecule has 1 aliphatic heterocycles. The number of likely N-dealkylation sites (tertiary alicyclic amines) is 1. The number of piperidine rings is 1. The summed E-state index contributed by atoms with van der Waals surface area (Å²) in [6.07, 6.45) is -7.91. The van der Waals surface area contributed by atoms with Crippen molar-refractivity contribution >= 4 is 17.7 Å². The van der Waals surface area contributed by atoms with Gasteiger partial charge in [-0.3, -0.25) is 19.4 Å².